The molecule has 1 fully saturated rings. The van der Waals surface area contributed by atoms with Crippen molar-refractivity contribution in [3.63, 3.8) is 0 Å². The van der Waals surface area contributed by atoms with Crippen molar-refractivity contribution in [1.29, 1.82) is 0 Å². The van der Waals surface area contributed by atoms with Crippen LogP contribution in [0.5, 0.6) is 5.75 Å². The predicted molar refractivity (Wildman–Crippen MR) is 95.7 cm³/mol. The first-order valence-electron chi connectivity index (χ1n) is 9.43. The number of hydrogen-bond donors (Lipinski definition) is 0. The van der Waals surface area contributed by atoms with Crippen LogP contribution in [0.4, 0.5) is 52.7 Å². The number of benzene rings is 2. The van der Waals surface area contributed by atoms with Crippen LogP contribution in [0.25, 0.3) is 0 Å². The van der Waals surface area contributed by atoms with E-state index in [4.69, 9.17) is 0 Å². The lowest BCUT2D eigenvalue weighted by Gasteiger charge is -2.55. The van der Waals surface area contributed by atoms with Crippen LogP contribution in [0.3, 0.4) is 0 Å². The van der Waals surface area contributed by atoms with E-state index in [2.05, 4.69) is 9.47 Å². The van der Waals surface area contributed by atoms with E-state index in [-0.39, 0.29) is 31.4 Å². The quantitative estimate of drug-likeness (QED) is 0.389. The van der Waals surface area contributed by atoms with E-state index in [0.717, 1.165) is 12.1 Å². The molecule has 0 spiro atoms. The van der Waals surface area contributed by atoms with E-state index in [1.165, 1.54) is 6.92 Å². The molecule has 1 aliphatic rings. The van der Waals surface area contributed by atoms with Crippen LogP contribution < -0.4 is 4.74 Å². The van der Waals surface area contributed by atoms with Crippen LogP contribution in [-0.4, -0.2) is 43.0 Å². The van der Waals surface area contributed by atoms with Crippen LogP contribution in [0.15, 0.2) is 48.5 Å². The molecule has 2 nitrogen and oxygen atoms in total. The van der Waals surface area contributed by atoms with Gasteiger partial charge in [-0.1, -0.05) is 42.0 Å². The molecule has 2 aromatic rings. The zero-order valence-corrected chi connectivity index (χ0v) is 17.5. The van der Waals surface area contributed by atoms with Gasteiger partial charge < -0.3 is 9.47 Å². The standard InChI is InChI=1S/C21H14F12O2/c1-11-3-5-12(6-4-11)15(20(28,29)30,21(31,32)33)13-7-9-14(10-8-13)35-19(27)17(24,25)16(22,23)18(19,26)34-2/h3-10H,1-2H3. The van der Waals surface area contributed by atoms with Gasteiger partial charge in [-0.15, -0.1) is 0 Å². The molecule has 0 heterocycles. The second-order valence-electron chi connectivity index (χ2n) is 7.78. The Morgan fingerprint density at radius 3 is 1.34 bits per heavy atom. The number of halogens is 12. The van der Waals surface area contributed by atoms with Crippen molar-refractivity contribution in [2.45, 2.75) is 48.2 Å². The fourth-order valence-electron chi connectivity index (χ4n) is 3.86. The first-order chi connectivity index (χ1) is 15.7. The lowest BCUT2D eigenvalue weighted by molar-refractivity contribution is -0.538. The second kappa shape index (κ2) is 7.68. The van der Waals surface area contributed by atoms with E-state index in [1.54, 1.807) is 0 Å². The molecule has 0 saturated heterocycles. The molecule has 0 amide bonds. The molecular weight excluding hydrogens is 512 g/mol. The first-order valence-corrected chi connectivity index (χ1v) is 9.43. The summed E-state index contributed by atoms with van der Waals surface area (Å²) in [6.45, 7) is 1.41. The fraction of sp³-hybridized carbons (Fsp3) is 0.429. The summed E-state index contributed by atoms with van der Waals surface area (Å²) in [4.78, 5) is 0. The SMILES string of the molecule is COC1(F)C(F)(F)C(F)(F)C1(F)Oc1ccc(C(c2ccc(C)cc2)(C(F)(F)F)C(F)(F)F)cc1. The van der Waals surface area contributed by atoms with Gasteiger partial charge in [-0.2, -0.15) is 52.7 Å². The third-order valence-corrected chi connectivity index (χ3v) is 5.78. The van der Waals surface area contributed by atoms with Crippen molar-refractivity contribution in [3.05, 3.63) is 65.2 Å². The molecule has 0 aliphatic heterocycles. The molecule has 35 heavy (non-hydrogen) atoms. The highest BCUT2D eigenvalue weighted by atomic mass is 19.4. The number of hydrogen-bond acceptors (Lipinski definition) is 2. The van der Waals surface area contributed by atoms with Crippen molar-refractivity contribution < 1.29 is 62.2 Å². The maximum atomic E-state index is 14.6. The molecule has 2 unspecified atom stereocenters. The topological polar surface area (TPSA) is 18.5 Å². The molecule has 3 rings (SSSR count). The van der Waals surface area contributed by atoms with Gasteiger partial charge in [0, 0.05) is 7.11 Å². The number of ether oxygens (including phenoxy) is 2. The summed E-state index contributed by atoms with van der Waals surface area (Å²) in [6, 6.07) is 3.78. The van der Waals surface area contributed by atoms with E-state index in [1.807, 2.05) is 0 Å². The average molecular weight is 526 g/mol. The summed E-state index contributed by atoms with van der Waals surface area (Å²) >= 11 is 0. The van der Waals surface area contributed by atoms with Crippen LogP contribution in [0, 0.1) is 6.92 Å². The van der Waals surface area contributed by atoms with Crippen LogP contribution in [-0.2, 0) is 10.2 Å². The van der Waals surface area contributed by atoms with Gasteiger partial charge >= 0.3 is 35.9 Å². The lowest BCUT2D eigenvalue weighted by atomic mass is 9.72. The molecule has 2 aromatic carbocycles. The van der Waals surface area contributed by atoms with Gasteiger partial charge in [-0.05, 0) is 30.2 Å². The molecule has 0 bridgehead atoms. The maximum Gasteiger partial charge on any atom is 0.411 e. The normalized spacial score (nSPS) is 26.2. The van der Waals surface area contributed by atoms with E-state index >= 15 is 0 Å². The van der Waals surface area contributed by atoms with Gasteiger partial charge in [0.25, 0.3) is 0 Å². The number of rotatable bonds is 5. The summed E-state index contributed by atoms with van der Waals surface area (Å²) in [5.41, 5.74) is -7.00. The predicted octanol–water partition coefficient (Wildman–Crippen LogP) is 7.05. The van der Waals surface area contributed by atoms with Crippen molar-refractivity contribution in [1.82, 2.24) is 0 Å². The van der Waals surface area contributed by atoms with Crippen LogP contribution in [0.1, 0.15) is 16.7 Å². The monoisotopic (exact) mass is 526 g/mol. The molecule has 0 radical (unpaired) electrons. The van der Waals surface area contributed by atoms with Gasteiger partial charge in [0.1, 0.15) is 5.75 Å². The van der Waals surface area contributed by atoms with Gasteiger partial charge in [0.2, 0.25) is 5.41 Å². The van der Waals surface area contributed by atoms with Crippen LogP contribution >= 0.6 is 0 Å². The van der Waals surface area contributed by atoms with E-state index in [0.29, 0.717) is 17.7 Å². The highest BCUT2D eigenvalue weighted by molar-refractivity contribution is 5.46. The highest BCUT2D eigenvalue weighted by Gasteiger charge is 3.02. The van der Waals surface area contributed by atoms with Crippen molar-refractivity contribution in [2.24, 2.45) is 0 Å². The first kappa shape index (κ1) is 27.0. The zero-order valence-electron chi connectivity index (χ0n) is 17.5. The summed E-state index contributed by atoms with van der Waals surface area (Å²) in [7, 11) is 0.131. The largest absolute Gasteiger partial charge is 0.448 e. The smallest absolute Gasteiger partial charge is 0.411 e. The summed E-state index contributed by atoms with van der Waals surface area (Å²) in [6.07, 6.45) is -12.0. The minimum absolute atomic E-state index is 0.126. The molecule has 2 atom stereocenters. The van der Waals surface area contributed by atoms with Gasteiger partial charge in [0.15, 0.2) is 0 Å². The third-order valence-electron chi connectivity index (χ3n) is 5.78. The van der Waals surface area contributed by atoms with Gasteiger partial charge in [-0.3, -0.25) is 0 Å². The molecular formula is C21H14F12O2. The summed E-state index contributed by atoms with van der Waals surface area (Å²) in [5, 5.41) is 0. The molecule has 194 valence electrons. The number of methoxy groups -OCH3 is 1. The van der Waals surface area contributed by atoms with Crippen molar-refractivity contribution in [2.75, 3.05) is 7.11 Å². The Morgan fingerprint density at radius 1 is 0.600 bits per heavy atom. The summed E-state index contributed by atoms with van der Waals surface area (Å²) < 4.78 is 175. The van der Waals surface area contributed by atoms with Gasteiger partial charge in [0.05, 0.1) is 0 Å². The fourth-order valence-corrected chi connectivity index (χ4v) is 3.86. The zero-order chi connectivity index (χ0) is 26.9. The Balaban J connectivity index is 2.12. The number of aryl methyl sites for hydroxylation is 1. The highest BCUT2D eigenvalue weighted by Crippen LogP contribution is 2.68. The van der Waals surface area contributed by atoms with Crippen molar-refractivity contribution in [3.8, 4) is 5.75 Å². The number of alkyl halides is 12. The Hall–Kier alpha value is -2.64. The van der Waals surface area contributed by atoms with E-state index < -0.39 is 58.2 Å². The van der Waals surface area contributed by atoms with Gasteiger partial charge in [-0.25, -0.2) is 0 Å². The van der Waals surface area contributed by atoms with Crippen LogP contribution in [0.2, 0.25) is 0 Å². The third kappa shape index (κ3) is 3.24. The van der Waals surface area contributed by atoms with E-state index in [9.17, 15) is 52.7 Å². The minimum atomic E-state index is -5.99. The Morgan fingerprint density at radius 2 is 0.971 bits per heavy atom. The molecule has 0 aromatic heterocycles. The molecule has 1 saturated carbocycles. The lowest BCUT2D eigenvalue weighted by Crippen LogP contribution is -2.88. The maximum absolute atomic E-state index is 14.6. The molecule has 0 N–H and O–H groups in total. The molecule has 1 aliphatic carbocycles. The second-order valence-corrected chi connectivity index (χ2v) is 7.78. The minimum Gasteiger partial charge on any atom is -0.448 e. The average Bonchev–Trinajstić information content (AvgIpc) is 2.73. The Bertz CT molecular complexity index is 1060. The molecule has 14 heteroatoms. The Labute approximate surface area is 189 Å². The van der Waals surface area contributed by atoms with Crippen molar-refractivity contribution >= 4 is 0 Å². The summed E-state index contributed by atoms with van der Waals surface area (Å²) in [5.74, 6) is -22.9. The Kier molecular flexibility index (Phi) is 5.91.